The molecule has 2 N–H and O–H groups in total. The Hall–Kier alpha value is -3.94. The fourth-order valence-electron chi connectivity index (χ4n) is 3.83. The summed E-state index contributed by atoms with van der Waals surface area (Å²) in [5.74, 6) is -0.524. The molecule has 0 saturated heterocycles. The Morgan fingerprint density at radius 3 is 2.34 bits per heavy atom. The SMILES string of the molecule is CCc1ccccc1NS(=O)(=O)c1cc(N=NC2C(=O)N(c3ccc(S(=O)(=O)O)cc3)N=C2C)ccc1C. The number of benzene rings is 3. The molecule has 1 heterocycles. The van der Waals surface area contributed by atoms with Crippen molar-refractivity contribution in [1.82, 2.24) is 0 Å². The summed E-state index contributed by atoms with van der Waals surface area (Å²) in [5.41, 5.74) is 2.72. The van der Waals surface area contributed by atoms with E-state index in [-0.39, 0.29) is 21.2 Å². The van der Waals surface area contributed by atoms with E-state index in [0.717, 1.165) is 22.7 Å². The first kappa shape index (κ1) is 27.1. The van der Waals surface area contributed by atoms with Crippen LogP contribution >= 0.6 is 0 Å². The van der Waals surface area contributed by atoms with Gasteiger partial charge in [0.25, 0.3) is 26.0 Å². The van der Waals surface area contributed by atoms with Crippen LogP contribution in [0.4, 0.5) is 17.1 Å². The second kappa shape index (κ2) is 10.4. The van der Waals surface area contributed by atoms with E-state index in [4.69, 9.17) is 4.55 Å². The second-order valence-electron chi connectivity index (χ2n) is 8.54. The zero-order chi connectivity index (χ0) is 27.7. The van der Waals surface area contributed by atoms with Crippen molar-refractivity contribution in [3.63, 3.8) is 0 Å². The predicted octanol–water partition coefficient (Wildman–Crippen LogP) is 4.48. The van der Waals surface area contributed by atoms with Gasteiger partial charge >= 0.3 is 0 Å². The third kappa shape index (κ3) is 5.64. The van der Waals surface area contributed by atoms with Crippen LogP contribution in [0.15, 0.2) is 91.9 Å². The normalized spacial score (nSPS) is 16.2. The molecule has 0 radical (unpaired) electrons. The second-order valence-corrected chi connectivity index (χ2v) is 11.6. The van der Waals surface area contributed by atoms with Crippen molar-refractivity contribution in [2.75, 3.05) is 9.73 Å². The van der Waals surface area contributed by atoms with Gasteiger partial charge in [-0.25, -0.2) is 8.42 Å². The summed E-state index contributed by atoms with van der Waals surface area (Å²) in [7, 11) is -8.30. The average molecular weight is 556 g/mol. The number of nitrogens with zero attached hydrogens (tertiary/aromatic N) is 4. The van der Waals surface area contributed by atoms with Crippen LogP contribution in [0.25, 0.3) is 0 Å². The van der Waals surface area contributed by atoms with Crippen molar-refractivity contribution in [2.45, 2.75) is 43.0 Å². The number of sulfonamides is 1. The molecule has 0 aliphatic carbocycles. The van der Waals surface area contributed by atoms with E-state index in [1.165, 1.54) is 18.2 Å². The molecular formula is C25H25N5O6S2. The molecule has 1 unspecified atom stereocenters. The lowest BCUT2D eigenvalue weighted by Gasteiger charge is -2.14. The third-order valence-electron chi connectivity index (χ3n) is 5.87. The monoisotopic (exact) mass is 555 g/mol. The Morgan fingerprint density at radius 2 is 1.68 bits per heavy atom. The molecule has 13 heteroatoms. The first-order chi connectivity index (χ1) is 17.9. The minimum atomic E-state index is -4.38. The van der Waals surface area contributed by atoms with Crippen molar-refractivity contribution < 1.29 is 26.2 Å². The summed E-state index contributed by atoms with van der Waals surface area (Å²) in [6, 6.07) is 15.6. The fourth-order valence-corrected chi connectivity index (χ4v) is 5.67. The number of carbonyl (C=O) groups excluding carboxylic acids is 1. The molecule has 0 bridgehead atoms. The van der Waals surface area contributed by atoms with Crippen LogP contribution in [0.3, 0.4) is 0 Å². The smallest absolute Gasteiger partial charge is 0.282 e. The highest BCUT2D eigenvalue weighted by atomic mass is 32.2. The number of nitrogens with one attached hydrogen (secondary N) is 1. The van der Waals surface area contributed by atoms with Crippen LogP contribution in [0.2, 0.25) is 0 Å². The molecule has 0 spiro atoms. The summed E-state index contributed by atoms with van der Waals surface area (Å²) < 4.78 is 60.6. The van der Waals surface area contributed by atoms with Gasteiger partial charge in [0.15, 0.2) is 6.04 Å². The lowest BCUT2D eigenvalue weighted by atomic mass is 10.1. The Kier molecular flexibility index (Phi) is 7.44. The van der Waals surface area contributed by atoms with Gasteiger partial charge in [-0.1, -0.05) is 31.2 Å². The molecule has 38 heavy (non-hydrogen) atoms. The van der Waals surface area contributed by atoms with E-state index in [1.54, 1.807) is 38.1 Å². The number of anilines is 2. The van der Waals surface area contributed by atoms with E-state index < -0.39 is 32.1 Å². The first-order valence-electron chi connectivity index (χ1n) is 11.5. The minimum absolute atomic E-state index is 0.0311. The lowest BCUT2D eigenvalue weighted by Crippen LogP contribution is -2.29. The van der Waals surface area contributed by atoms with Crippen molar-refractivity contribution >= 4 is 48.8 Å². The number of hydrogen-bond donors (Lipinski definition) is 2. The summed E-state index contributed by atoms with van der Waals surface area (Å²) in [6.07, 6.45) is 0.657. The molecule has 198 valence electrons. The Morgan fingerprint density at radius 1 is 1.00 bits per heavy atom. The van der Waals surface area contributed by atoms with Gasteiger partial charge in [-0.2, -0.15) is 28.8 Å². The lowest BCUT2D eigenvalue weighted by molar-refractivity contribution is -0.117. The highest BCUT2D eigenvalue weighted by molar-refractivity contribution is 7.92. The van der Waals surface area contributed by atoms with Crippen LogP contribution in [-0.2, 0) is 31.4 Å². The maximum Gasteiger partial charge on any atom is 0.294 e. The van der Waals surface area contributed by atoms with E-state index in [1.807, 2.05) is 19.1 Å². The molecule has 3 aromatic rings. The van der Waals surface area contributed by atoms with Crippen LogP contribution in [0.1, 0.15) is 25.0 Å². The van der Waals surface area contributed by atoms with Gasteiger partial charge in [-0.3, -0.25) is 14.1 Å². The van der Waals surface area contributed by atoms with Crippen LogP contribution < -0.4 is 9.73 Å². The first-order valence-corrected chi connectivity index (χ1v) is 14.4. The van der Waals surface area contributed by atoms with Gasteiger partial charge in [0.1, 0.15) is 0 Å². The molecule has 4 rings (SSSR count). The van der Waals surface area contributed by atoms with Crippen LogP contribution in [-0.4, -0.2) is 39.0 Å². The molecule has 0 aromatic heterocycles. The Labute approximate surface area is 220 Å². The summed E-state index contributed by atoms with van der Waals surface area (Å²) >= 11 is 0. The van der Waals surface area contributed by atoms with E-state index in [2.05, 4.69) is 20.1 Å². The number of azo groups is 1. The van der Waals surface area contributed by atoms with Gasteiger partial charge in [-0.05, 0) is 73.9 Å². The average Bonchev–Trinajstić information content (AvgIpc) is 3.16. The Bertz CT molecular complexity index is 1670. The van der Waals surface area contributed by atoms with Gasteiger partial charge < -0.3 is 0 Å². The zero-order valence-corrected chi connectivity index (χ0v) is 22.4. The zero-order valence-electron chi connectivity index (χ0n) is 20.7. The number of amides is 1. The van der Waals surface area contributed by atoms with E-state index in [9.17, 15) is 21.6 Å². The Balaban J connectivity index is 1.56. The number of hydrazone groups is 1. The summed E-state index contributed by atoms with van der Waals surface area (Å²) in [6.45, 7) is 5.20. The van der Waals surface area contributed by atoms with Crippen LogP contribution in [0.5, 0.6) is 0 Å². The van der Waals surface area contributed by atoms with E-state index >= 15 is 0 Å². The molecular weight excluding hydrogens is 530 g/mol. The topological polar surface area (TPSA) is 158 Å². The fraction of sp³-hybridized carbons (Fsp3) is 0.200. The molecule has 1 atom stereocenters. The van der Waals surface area contributed by atoms with Gasteiger partial charge in [0.05, 0.1) is 32.6 Å². The number of hydrogen-bond acceptors (Lipinski definition) is 8. The molecule has 3 aromatic carbocycles. The summed E-state index contributed by atoms with van der Waals surface area (Å²) in [5, 5.41) is 13.5. The van der Waals surface area contributed by atoms with Crippen molar-refractivity contribution in [3.05, 3.63) is 77.9 Å². The number of carbonyl (C=O) groups is 1. The van der Waals surface area contributed by atoms with Gasteiger partial charge in [0.2, 0.25) is 0 Å². The highest BCUT2D eigenvalue weighted by Crippen LogP contribution is 2.28. The van der Waals surface area contributed by atoms with Gasteiger partial charge in [0, 0.05) is 0 Å². The third-order valence-corrected chi connectivity index (χ3v) is 8.24. The predicted molar refractivity (Wildman–Crippen MR) is 143 cm³/mol. The highest BCUT2D eigenvalue weighted by Gasteiger charge is 2.35. The largest absolute Gasteiger partial charge is 0.294 e. The molecule has 11 nitrogen and oxygen atoms in total. The van der Waals surface area contributed by atoms with Crippen molar-refractivity contribution in [3.8, 4) is 0 Å². The quantitative estimate of drug-likeness (QED) is 0.308. The molecule has 1 aliphatic heterocycles. The number of aryl methyl sites for hydroxylation is 2. The molecule has 1 amide bonds. The van der Waals surface area contributed by atoms with Gasteiger partial charge in [-0.15, -0.1) is 0 Å². The van der Waals surface area contributed by atoms with Crippen molar-refractivity contribution in [2.24, 2.45) is 15.3 Å². The number of rotatable bonds is 8. The van der Waals surface area contributed by atoms with Crippen LogP contribution in [0, 0.1) is 6.92 Å². The van der Waals surface area contributed by atoms with Crippen molar-refractivity contribution in [1.29, 1.82) is 0 Å². The number of para-hydroxylation sites is 1. The van der Waals surface area contributed by atoms with E-state index in [0.29, 0.717) is 23.4 Å². The molecule has 0 saturated carbocycles. The standard InChI is InChI=1S/C25H25N5O6S2/c1-4-18-7-5-6-8-22(18)29-37(32,33)23-15-19(10-9-16(23)2)26-27-24-17(3)28-30(25(24)31)20-11-13-21(14-12-20)38(34,35)36/h5-15,24,29H,4H2,1-3H3,(H,34,35,36). The molecule has 0 fully saturated rings. The minimum Gasteiger partial charge on any atom is -0.282 e. The summed E-state index contributed by atoms with van der Waals surface area (Å²) in [4.78, 5) is 12.7. The maximum atomic E-state index is 13.2. The maximum absolute atomic E-state index is 13.2. The molecule has 1 aliphatic rings.